The Bertz CT molecular complexity index is 423. The predicted molar refractivity (Wildman–Crippen MR) is 65.7 cm³/mol. The minimum atomic E-state index is -1.63. The molecular formula is C12H13BrO4. The highest BCUT2D eigenvalue weighted by Crippen LogP contribution is 2.12. The Hall–Kier alpha value is -1.20. The molecule has 0 heterocycles. The van der Waals surface area contributed by atoms with Crippen LogP contribution in [0.2, 0.25) is 0 Å². The van der Waals surface area contributed by atoms with E-state index in [2.05, 4.69) is 15.9 Å². The van der Waals surface area contributed by atoms with Gasteiger partial charge in [0, 0.05) is 4.47 Å². The van der Waals surface area contributed by atoms with Crippen molar-refractivity contribution in [2.45, 2.75) is 19.4 Å². The first-order valence-electron chi connectivity index (χ1n) is 4.99. The van der Waals surface area contributed by atoms with Gasteiger partial charge in [-0.05, 0) is 38.1 Å². The molecule has 17 heavy (non-hydrogen) atoms. The molecule has 1 rings (SSSR count). The summed E-state index contributed by atoms with van der Waals surface area (Å²) in [7, 11) is 0. The molecule has 1 N–H and O–H groups in total. The van der Waals surface area contributed by atoms with Crippen LogP contribution in [-0.2, 0) is 9.53 Å². The van der Waals surface area contributed by atoms with Gasteiger partial charge in [-0.2, -0.15) is 0 Å². The highest BCUT2D eigenvalue weighted by molar-refractivity contribution is 9.10. The predicted octanol–water partition coefficient (Wildman–Crippen LogP) is 1.95. The van der Waals surface area contributed by atoms with Crippen LogP contribution in [0.1, 0.15) is 24.2 Å². The molecule has 92 valence electrons. The van der Waals surface area contributed by atoms with E-state index in [9.17, 15) is 14.7 Å². The Labute approximate surface area is 108 Å². The van der Waals surface area contributed by atoms with Gasteiger partial charge in [0.15, 0.2) is 11.4 Å². The molecule has 4 nitrogen and oxygen atoms in total. The molecule has 0 fully saturated rings. The summed E-state index contributed by atoms with van der Waals surface area (Å²) in [6.07, 6.45) is 0. The molecule has 0 amide bonds. The van der Waals surface area contributed by atoms with Crippen molar-refractivity contribution in [3.63, 3.8) is 0 Å². The number of Topliss-reactive ketones (excluding diaryl/α,β-unsaturated/α-hetero) is 1. The number of esters is 1. The van der Waals surface area contributed by atoms with Gasteiger partial charge in [-0.15, -0.1) is 0 Å². The van der Waals surface area contributed by atoms with Crippen LogP contribution in [0.25, 0.3) is 0 Å². The minimum Gasteiger partial charge on any atom is -0.459 e. The smallest absolute Gasteiger partial charge is 0.338 e. The van der Waals surface area contributed by atoms with E-state index in [4.69, 9.17) is 4.74 Å². The number of aliphatic hydroxyl groups is 1. The summed E-state index contributed by atoms with van der Waals surface area (Å²) in [4.78, 5) is 22.6. The second kappa shape index (κ2) is 5.42. The van der Waals surface area contributed by atoms with Crippen molar-refractivity contribution in [1.29, 1.82) is 0 Å². The minimum absolute atomic E-state index is 0.350. The molecule has 0 aliphatic rings. The molecule has 0 spiro atoms. The highest BCUT2D eigenvalue weighted by atomic mass is 79.9. The molecule has 0 saturated carbocycles. The quantitative estimate of drug-likeness (QED) is 0.863. The van der Waals surface area contributed by atoms with Crippen LogP contribution in [0, 0.1) is 0 Å². The summed E-state index contributed by atoms with van der Waals surface area (Å²) in [5.41, 5.74) is -1.27. The summed E-state index contributed by atoms with van der Waals surface area (Å²) < 4.78 is 5.72. The summed E-state index contributed by atoms with van der Waals surface area (Å²) in [6, 6.07) is 6.60. The van der Waals surface area contributed by atoms with Gasteiger partial charge >= 0.3 is 5.97 Å². The number of ketones is 1. The fourth-order valence-electron chi connectivity index (χ4n) is 0.977. The lowest BCUT2D eigenvalue weighted by Crippen LogP contribution is -2.39. The molecule has 0 aliphatic carbocycles. The first-order chi connectivity index (χ1) is 7.83. The summed E-state index contributed by atoms with van der Waals surface area (Å²) in [6.45, 7) is 2.20. The SMILES string of the molecule is CC(=O)C(C)(O)COC(=O)c1ccc(Br)cc1. The van der Waals surface area contributed by atoms with E-state index in [1.807, 2.05) is 0 Å². The van der Waals surface area contributed by atoms with Gasteiger partial charge in [-0.3, -0.25) is 4.79 Å². The molecule has 0 aliphatic heterocycles. The summed E-state index contributed by atoms with van der Waals surface area (Å²) in [5, 5.41) is 9.60. The molecule has 0 aromatic heterocycles. The van der Waals surface area contributed by atoms with Crippen molar-refractivity contribution in [2.75, 3.05) is 6.61 Å². The van der Waals surface area contributed by atoms with Crippen molar-refractivity contribution in [2.24, 2.45) is 0 Å². The Morgan fingerprint density at radius 2 is 1.88 bits per heavy atom. The summed E-state index contributed by atoms with van der Waals surface area (Å²) in [5.74, 6) is -1.01. The van der Waals surface area contributed by atoms with E-state index in [0.29, 0.717) is 5.56 Å². The van der Waals surface area contributed by atoms with Crippen molar-refractivity contribution in [3.05, 3.63) is 34.3 Å². The third kappa shape index (κ3) is 3.94. The van der Waals surface area contributed by atoms with Crippen molar-refractivity contribution >= 4 is 27.7 Å². The van der Waals surface area contributed by atoms with Crippen LogP contribution in [-0.4, -0.2) is 29.1 Å². The Kier molecular flexibility index (Phi) is 4.42. The Morgan fingerprint density at radius 3 is 2.35 bits per heavy atom. The molecule has 1 atom stereocenters. The van der Waals surface area contributed by atoms with Crippen LogP contribution >= 0.6 is 15.9 Å². The molecule has 0 radical (unpaired) electrons. The average Bonchev–Trinajstić information content (AvgIpc) is 2.27. The fourth-order valence-corrected chi connectivity index (χ4v) is 1.24. The first-order valence-corrected chi connectivity index (χ1v) is 5.78. The largest absolute Gasteiger partial charge is 0.459 e. The lowest BCUT2D eigenvalue weighted by molar-refractivity contribution is -0.137. The zero-order chi connectivity index (χ0) is 13.1. The van der Waals surface area contributed by atoms with Gasteiger partial charge in [-0.25, -0.2) is 4.79 Å². The standard InChI is InChI=1S/C12H13BrO4/c1-8(14)12(2,16)7-17-11(15)9-3-5-10(13)6-4-9/h3-6,16H,7H2,1-2H3. The van der Waals surface area contributed by atoms with Crippen LogP contribution in [0.15, 0.2) is 28.7 Å². The third-order valence-corrected chi connectivity index (χ3v) is 2.85. The van der Waals surface area contributed by atoms with Crippen molar-refractivity contribution in [1.82, 2.24) is 0 Å². The molecule has 1 aromatic rings. The van der Waals surface area contributed by atoms with Crippen LogP contribution in [0.4, 0.5) is 0 Å². The monoisotopic (exact) mass is 300 g/mol. The topological polar surface area (TPSA) is 63.6 Å². The van der Waals surface area contributed by atoms with E-state index in [-0.39, 0.29) is 6.61 Å². The number of carbonyl (C=O) groups is 2. The van der Waals surface area contributed by atoms with E-state index >= 15 is 0 Å². The summed E-state index contributed by atoms with van der Waals surface area (Å²) >= 11 is 3.25. The van der Waals surface area contributed by atoms with Crippen LogP contribution < -0.4 is 0 Å². The number of hydrogen-bond acceptors (Lipinski definition) is 4. The lowest BCUT2D eigenvalue weighted by atomic mass is 10.0. The van der Waals surface area contributed by atoms with E-state index in [1.165, 1.54) is 13.8 Å². The molecule has 1 aromatic carbocycles. The van der Waals surface area contributed by atoms with Crippen LogP contribution in [0.3, 0.4) is 0 Å². The van der Waals surface area contributed by atoms with Gasteiger partial charge < -0.3 is 9.84 Å². The maximum atomic E-state index is 11.6. The Morgan fingerprint density at radius 1 is 1.35 bits per heavy atom. The zero-order valence-electron chi connectivity index (χ0n) is 9.57. The zero-order valence-corrected chi connectivity index (χ0v) is 11.2. The van der Waals surface area contributed by atoms with Gasteiger partial charge in [0.05, 0.1) is 5.56 Å². The molecule has 0 saturated heterocycles. The van der Waals surface area contributed by atoms with Gasteiger partial charge in [0.25, 0.3) is 0 Å². The first kappa shape index (κ1) is 13.9. The highest BCUT2D eigenvalue weighted by Gasteiger charge is 2.28. The number of hydrogen-bond donors (Lipinski definition) is 1. The number of rotatable bonds is 4. The normalized spacial score (nSPS) is 13.9. The number of ether oxygens (including phenoxy) is 1. The number of carbonyl (C=O) groups excluding carboxylic acids is 2. The van der Waals surface area contributed by atoms with Gasteiger partial charge in [0.1, 0.15) is 6.61 Å². The maximum Gasteiger partial charge on any atom is 0.338 e. The lowest BCUT2D eigenvalue weighted by Gasteiger charge is -2.19. The fraction of sp³-hybridized carbons (Fsp3) is 0.333. The van der Waals surface area contributed by atoms with Crippen molar-refractivity contribution < 1.29 is 19.4 Å². The Balaban J connectivity index is 2.62. The molecular weight excluding hydrogens is 288 g/mol. The number of halogens is 1. The molecule has 5 heteroatoms. The average molecular weight is 301 g/mol. The van der Waals surface area contributed by atoms with E-state index in [1.54, 1.807) is 24.3 Å². The van der Waals surface area contributed by atoms with Crippen LogP contribution in [0.5, 0.6) is 0 Å². The molecule has 1 unspecified atom stereocenters. The maximum absolute atomic E-state index is 11.6. The van der Waals surface area contributed by atoms with Gasteiger partial charge in [-0.1, -0.05) is 15.9 Å². The van der Waals surface area contributed by atoms with Gasteiger partial charge in [0.2, 0.25) is 0 Å². The second-order valence-electron chi connectivity index (χ2n) is 3.91. The number of benzene rings is 1. The third-order valence-electron chi connectivity index (χ3n) is 2.32. The van der Waals surface area contributed by atoms with E-state index in [0.717, 1.165) is 4.47 Å². The molecule has 0 bridgehead atoms. The second-order valence-corrected chi connectivity index (χ2v) is 4.83. The van der Waals surface area contributed by atoms with E-state index < -0.39 is 17.4 Å². The van der Waals surface area contributed by atoms with Crippen molar-refractivity contribution in [3.8, 4) is 0 Å².